The molecule has 8 heteroatoms. The smallest absolute Gasteiger partial charge is 0.390 e. The zero-order chi connectivity index (χ0) is 22.3. The van der Waals surface area contributed by atoms with Gasteiger partial charge in [0.25, 0.3) is 0 Å². The van der Waals surface area contributed by atoms with Crippen LogP contribution in [0.25, 0.3) is 11.1 Å². The number of carbonyl (C=O) groups is 1. The van der Waals surface area contributed by atoms with Gasteiger partial charge in [0, 0.05) is 0 Å². The summed E-state index contributed by atoms with van der Waals surface area (Å²) in [6.45, 7) is 0. The lowest BCUT2D eigenvalue weighted by Crippen LogP contribution is -2.39. The average Bonchev–Trinajstić information content (AvgIpc) is 2.77. The summed E-state index contributed by atoms with van der Waals surface area (Å²) < 4.78 is 22.6. The van der Waals surface area contributed by atoms with Gasteiger partial charge in [0.15, 0.2) is 0 Å². The number of carboxylic acids is 1. The van der Waals surface area contributed by atoms with Gasteiger partial charge in [-0.25, -0.2) is 4.57 Å². The Kier molecular flexibility index (Phi) is 7.47. The molecular formula is C23H24NO6P. The van der Waals surface area contributed by atoms with Gasteiger partial charge in [0.2, 0.25) is 0 Å². The van der Waals surface area contributed by atoms with Crippen LogP contribution in [0.1, 0.15) is 5.56 Å². The Morgan fingerprint density at radius 3 is 2.29 bits per heavy atom. The molecular weight excluding hydrogens is 417 g/mol. The summed E-state index contributed by atoms with van der Waals surface area (Å²) in [5, 5.41) is 12.2. The highest BCUT2D eigenvalue weighted by Gasteiger charge is 2.26. The largest absolute Gasteiger partial charge is 0.497 e. The van der Waals surface area contributed by atoms with Gasteiger partial charge in [-0.05, 0) is 47.4 Å². The van der Waals surface area contributed by atoms with Gasteiger partial charge < -0.3 is 19.3 Å². The van der Waals surface area contributed by atoms with E-state index >= 15 is 0 Å². The second-order valence-corrected chi connectivity index (χ2v) is 8.70. The summed E-state index contributed by atoms with van der Waals surface area (Å²) in [4.78, 5) is 21.7. The predicted molar refractivity (Wildman–Crippen MR) is 118 cm³/mol. The molecule has 162 valence electrons. The number of carboxylic acid groups (broad SMARTS) is 1. The molecule has 7 nitrogen and oxygen atoms in total. The second-order valence-electron chi connectivity index (χ2n) is 6.93. The van der Waals surface area contributed by atoms with E-state index in [9.17, 15) is 19.4 Å². The first kappa shape index (κ1) is 22.6. The molecule has 2 atom stereocenters. The first-order valence-electron chi connectivity index (χ1n) is 9.62. The molecule has 3 aromatic rings. The first-order chi connectivity index (χ1) is 14.9. The highest BCUT2D eigenvalue weighted by molar-refractivity contribution is 7.53. The van der Waals surface area contributed by atoms with E-state index < -0.39 is 25.9 Å². The van der Waals surface area contributed by atoms with Crippen LogP contribution in [0, 0.1) is 0 Å². The maximum absolute atomic E-state index is 12.3. The number of rotatable bonds is 10. The van der Waals surface area contributed by atoms with E-state index in [0.717, 1.165) is 22.4 Å². The van der Waals surface area contributed by atoms with Gasteiger partial charge in [0.05, 0.1) is 7.11 Å². The van der Waals surface area contributed by atoms with Gasteiger partial charge in [-0.1, -0.05) is 54.6 Å². The van der Waals surface area contributed by atoms with Crippen molar-refractivity contribution < 1.29 is 28.6 Å². The third-order valence-electron chi connectivity index (χ3n) is 4.62. The van der Waals surface area contributed by atoms with Crippen molar-refractivity contribution in [1.29, 1.82) is 0 Å². The Morgan fingerprint density at radius 2 is 1.65 bits per heavy atom. The van der Waals surface area contributed by atoms with Crippen molar-refractivity contribution in [3.05, 3.63) is 84.4 Å². The molecule has 0 aliphatic carbocycles. The van der Waals surface area contributed by atoms with E-state index in [1.54, 1.807) is 37.4 Å². The molecule has 1 unspecified atom stereocenters. The third-order valence-corrected chi connectivity index (χ3v) is 5.70. The number of ether oxygens (including phenoxy) is 1. The number of nitrogens with one attached hydrogen (secondary N) is 1. The summed E-state index contributed by atoms with van der Waals surface area (Å²) in [5.41, 5.74) is 2.74. The minimum atomic E-state index is -4.05. The molecule has 3 N–H and O–H groups in total. The highest BCUT2D eigenvalue weighted by Crippen LogP contribution is 2.41. The fraction of sp³-hybridized carbons (Fsp3) is 0.174. The average molecular weight is 441 g/mol. The van der Waals surface area contributed by atoms with Crippen molar-refractivity contribution in [2.24, 2.45) is 0 Å². The lowest BCUT2D eigenvalue weighted by molar-refractivity contribution is -0.139. The zero-order valence-electron chi connectivity index (χ0n) is 17.0. The van der Waals surface area contributed by atoms with Crippen LogP contribution < -0.4 is 14.6 Å². The maximum Gasteiger partial charge on any atom is 0.390 e. The number of aliphatic carboxylic acids is 1. The first-order valence-corrected chi connectivity index (χ1v) is 11.4. The fourth-order valence-corrected chi connectivity index (χ4v) is 3.99. The Labute approximate surface area is 180 Å². The molecule has 0 heterocycles. The van der Waals surface area contributed by atoms with Crippen LogP contribution in [0.15, 0.2) is 78.9 Å². The molecule has 3 rings (SSSR count). The summed E-state index contributed by atoms with van der Waals surface area (Å²) >= 11 is 0. The number of benzene rings is 3. The van der Waals surface area contributed by atoms with Gasteiger partial charge in [-0.15, -0.1) is 0 Å². The van der Waals surface area contributed by atoms with Crippen molar-refractivity contribution in [2.75, 3.05) is 13.4 Å². The van der Waals surface area contributed by atoms with Gasteiger partial charge in [-0.3, -0.25) is 10.1 Å². The molecule has 3 aromatic carbocycles. The topological polar surface area (TPSA) is 105 Å². The van der Waals surface area contributed by atoms with E-state index in [1.165, 1.54) is 0 Å². The molecule has 0 aliphatic rings. The summed E-state index contributed by atoms with van der Waals surface area (Å²) in [5.74, 6) is -0.116. The van der Waals surface area contributed by atoms with E-state index in [1.807, 2.05) is 48.5 Å². The molecule has 0 aliphatic heterocycles. The Hall–Kier alpha value is -3.12. The standard InChI is InChI=1S/C23H24NO6P/c1-29-21-9-5-6-19(15-21)18-12-10-17(11-13-18)14-22(23(25)26)24-16-31(27,28)30-20-7-3-2-4-8-20/h2-13,15,22,24H,14,16H2,1H3,(H,25,26)(H,27,28)/t22-/m0/s1. The Bertz CT molecular complexity index is 1060. The summed E-state index contributed by atoms with van der Waals surface area (Å²) in [6, 6.07) is 22.3. The number of hydrogen-bond donors (Lipinski definition) is 3. The number of methoxy groups -OCH3 is 1. The van der Waals surface area contributed by atoms with Crippen LogP contribution in [0.5, 0.6) is 11.5 Å². The highest BCUT2D eigenvalue weighted by atomic mass is 31.2. The molecule has 0 saturated carbocycles. The van der Waals surface area contributed by atoms with Crippen molar-refractivity contribution >= 4 is 13.6 Å². The van der Waals surface area contributed by atoms with E-state index in [2.05, 4.69) is 5.32 Å². The number of para-hydroxylation sites is 1. The minimum absolute atomic E-state index is 0.152. The maximum atomic E-state index is 12.3. The van der Waals surface area contributed by atoms with Crippen LogP contribution in [0.3, 0.4) is 0 Å². The van der Waals surface area contributed by atoms with Crippen molar-refractivity contribution in [2.45, 2.75) is 12.5 Å². The molecule has 0 amide bonds. The molecule has 0 fully saturated rings. The van der Waals surface area contributed by atoms with Crippen LogP contribution in [0.2, 0.25) is 0 Å². The minimum Gasteiger partial charge on any atom is -0.497 e. The van der Waals surface area contributed by atoms with Crippen molar-refractivity contribution in [3.8, 4) is 22.6 Å². The van der Waals surface area contributed by atoms with Crippen molar-refractivity contribution in [3.63, 3.8) is 0 Å². The molecule has 0 spiro atoms. The van der Waals surface area contributed by atoms with Gasteiger partial charge in [-0.2, -0.15) is 0 Å². The van der Waals surface area contributed by atoms with E-state index in [0.29, 0.717) is 0 Å². The Morgan fingerprint density at radius 1 is 0.968 bits per heavy atom. The van der Waals surface area contributed by atoms with Crippen LogP contribution in [-0.2, 0) is 15.8 Å². The second kappa shape index (κ2) is 10.3. The normalized spacial score (nSPS) is 13.7. The van der Waals surface area contributed by atoms with E-state index in [4.69, 9.17) is 9.26 Å². The molecule has 31 heavy (non-hydrogen) atoms. The molecule has 0 aromatic heterocycles. The van der Waals surface area contributed by atoms with Crippen LogP contribution in [0.4, 0.5) is 0 Å². The van der Waals surface area contributed by atoms with Crippen LogP contribution >= 0.6 is 7.60 Å². The quantitative estimate of drug-likeness (QED) is 0.406. The third kappa shape index (κ3) is 6.69. The van der Waals surface area contributed by atoms with Crippen molar-refractivity contribution in [1.82, 2.24) is 5.32 Å². The predicted octanol–water partition coefficient (Wildman–Crippen LogP) is 4.17. The monoisotopic (exact) mass is 441 g/mol. The summed E-state index contributed by atoms with van der Waals surface area (Å²) in [6.07, 6.45) is -0.334. The number of hydrogen-bond acceptors (Lipinski definition) is 5. The Balaban J connectivity index is 1.63. The van der Waals surface area contributed by atoms with Gasteiger partial charge >= 0.3 is 13.6 Å². The van der Waals surface area contributed by atoms with E-state index in [-0.39, 0.29) is 12.2 Å². The summed E-state index contributed by atoms with van der Waals surface area (Å²) in [7, 11) is -2.45. The fourth-order valence-electron chi connectivity index (χ4n) is 3.02. The lowest BCUT2D eigenvalue weighted by Gasteiger charge is -2.18. The zero-order valence-corrected chi connectivity index (χ0v) is 17.9. The van der Waals surface area contributed by atoms with Crippen LogP contribution in [-0.4, -0.2) is 35.4 Å². The SMILES string of the molecule is COc1cccc(-c2ccc(C[C@H](NCP(=O)(O)Oc3ccccc3)C(=O)O)cc2)c1. The molecule has 0 bridgehead atoms. The van der Waals surface area contributed by atoms with Gasteiger partial charge in [0.1, 0.15) is 23.8 Å². The molecule has 0 radical (unpaired) electrons. The lowest BCUT2D eigenvalue weighted by atomic mass is 10.0. The molecule has 0 saturated heterocycles.